The van der Waals surface area contributed by atoms with Crippen LogP contribution in [0.5, 0.6) is 0 Å². The molecule has 84 valence electrons. The molecule has 0 spiro atoms. The molecule has 5 heteroatoms. The summed E-state index contributed by atoms with van der Waals surface area (Å²) in [6.07, 6.45) is 1.41. The van der Waals surface area contributed by atoms with E-state index in [0.29, 0.717) is 16.1 Å². The Morgan fingerprint density at radius 1 is 1.19 bits per heavy atom. The lowest BCUT2D eigenvalue weighted by atomic mass is 10.0. The Morgan fingerprint density at radius 2 is 1.94 bits per heavy atom. The maximum absolute atomic E-state index is 13.6. The van der Waals surface area contributed by atoms with E-state index in [1.807, 2.05) is 0 Å². The molecule has 0 saturated heterocycles. The Balaban J connectivity index is 2.41. The van der Waals surface area contributed by atoms with Crippen LogP contribution in [0, 0.1) is 5.82 Å². The van der Waals surface area contributed by atoms with Crippen molar-refractivity contribution in [2.45, 2.75) is 6.04 Å². The molecular weight excluding hydrogens is 252 g/mol. The molecule has 0 saturated carbocycles. The second-order valence-electron chi connectivity index (χ2n) is 3.29. The molecule has 0 bridgehead atoms. The van der Waals surface area contributed by atoms with Gasteiger partial charge in [-0.1, -0.05) is 17.7 Å². The second kappa shape index (κ2) is 4.45. The van der Waals surface area contributed by atoms with E-state index in [9.17, 15) is 4.39 Å². The molecule has 1 aromatic carbocycles. The van der Waals surface area contributed by atoms with Gasteiger partial charge >= 0.3 is 0 Å². The molecule has 16 heavy (non-hydrogen) atoms. The first-order chi connectivity index (χ1) is 7.59. The predicted octanol–water partition coefficient (Wildman–Crippen LogP) is 3.77. The number of hydrogen-bond acceptors (Lipinski definition) is 2. The Labute approximate surface area is 102 Å². The maximum atomic E-state index is 13.6. The van der Waals surface area contributed by atoms with Crippen molar-refractivity contribution in [1.82, 2.24) is 0 Å². The SMILES string of the molecule is NC(c1ccc(Cl)cc1F)c1ccoc1Cl. The normalized spacial score (nSPS) is 12.8. The lowest BCUT2D eigenvalue weighted by Gasteiger charge is -2.11. The Kier molecular flexibility index (Phi) is 3.19. The van der Waals surface area contributed by atoms with Crippen molar-refractivity contribution in [2.75, 3.05) is 0 Å². The standard InChI is InChI=1S/C11H8Cl2FNO/c12-6-1-2-7(9(14)5-6)10(15)8-3-4-16-11(8)13/h1-5,10H,15H2. The third kappa shape index (κ3) is 2.07. The highest BCUT2D eigenvalue weighted by atomic mass is 35.5. The van der Waals surface area contributed by atoms with Crippen LogP contribution in [0.2, 0.25) is 10.2 Å². The first kappa shape index (κ1) is 11.5. The van der Waals surface area contributed by atoms with Crippen LogP contribution in [-0.2, 0) is 0 Å². The number of hydrogen-bond donors (Lipinski definition) is 1. The van der Waals surface area contributed by atoms with Gasteiger partial charge in [-0.25, -0.2) is 4.39 Å². The van der Waals surface area contributed by atoms with Crippen molar-refractivity contribution < 1.29 is 8.81 Å². The molecule has 0 aliphatic carbocycles. The Hall–Kier alpha value is -1.03. The van der Waals surface area contributed by atoms with Gasteiger partial charge in [0.25, 0.3) is 0 Å². The highest BCUT2D eigenvalue weighted by Crippen LogP contribution is 2.29. The summed E-state index contributed by atoms with van der Waals surface area (Å²) in [5.41, 5.74) is 6.76. The van der Waals surface area contributed by atoms with Crippen LogP contribution in [-0.4, -0.2) is 0 Å². The molecule has 0 aliphatic rings. The molecule has 0 aliphatic heterocycles. The Morgan fingerprint density at radius 3 is 2.50 bits per heavy atom. The molecule has 1 aromatic heterocycles. The highest BCUT2D eigenvalue weighted by Gasteiger charge is 2.18. The minimum atomic E-state index is -0.663. The zero-order valence-electron chi connectivity index (χ0n) is 8.08. The van der Waals surface area contributed by atoms with Crippen LogP contribution >= 0.6 is 23.2 Å². The summed E-state index contributed by atoms with van der Waals surface area (Å²) in [7, 11) is 0. The van der Waals surface area contributed by atoms with Crippen molar-refractivity contribution in [1.29, 1.82) is 0 Å². The van der Waals surface area contributed by atoms with Crippen LogP contribution in [0.25, 0.3) is 0 Å². The van der Waals surface area contributed by atoms with Crippen LogP contribution < -0.4 is 5.73 Å². The molecule has 0 fully saturated rings. The average Bonchev–Trinajstić information content (AvgIpc) is 2.63. The zero-order chi connectivity index (χ0) is 11.7. The fraction of sp³-hybridized carbons (Fsp3) is 0.0909. The lowest BCUT2D eigenvalue weighted by Crippen LogP contribution is -2.13. The van der Waals surface area contributed by atoms with E-state index in [2.05, 4.69) is 0 Å². The lowest BCUT2D eigenvalue weighted by molar-refractivity contribution is 0.561. The van der Waals surface area contributed by atoms with Gasteiger partial charge in [0.2, 0.25) is 0 Å². The monoisotopic (exact) mass is 259 g/mol. The minimum Gasteiger partial charge on any atom is -0.453 e. The zero-order valence-corrected chi connectivity index (χ0v) is 9.60. The van der Waals surface area contributed by atoms with Crippen LogP contribution in [0.15, 0.2) is 34.9 Å². The van der Waals surface area contributed by atoms with E-state index >= 15 is 0 Å². The third-order valence-electron chi connectivity index (χ3n) is 2.28. The first-order valence-electron chi connectivity index (χ1n) is 4.53. The molecule has 1 heterocycles. The first-order valence-corrected chi connectivity index (χ1v) is 5.28. The predicted molar refractivity (Wildman–Crippen MR) is 61.2 cm³/mol. The molecule has 2 N–H and O–H groups in total. The van der Waals surface area contributed by atoms with Gasteiger partial charge in [-0.15, -0.1) is 0 Å². The molecule has 0 amide bonds. The van der Waals surface area contributed by atoms with Crippen molar-refractivity contribution in [3.8, 4) is 0 Å². The van der Waals surface area contributed by atoms with Crippen molar-refractivity contribution in [3.63, 3.8) is 0 Å². The maximum Gasteiger partial charge on any atom is 0.198 e. The van der Waals surface area contributed by atoms with Gasteiger partial charge in [0.15, 0.2) is 5.22 Å². The number of rotatable bonds is 2. The smallest absolute Gasteiger partial charge is 0.198 e. The van der Waals surface area contributed by atoms with E-state index < -0.39 is 11.9 Å². The van der Waals surface area contributed by atoms with Crippen molar-refractivity contribution >= 4 is 23.2 Å². The van der Waals surface area contributed by atoms with E-state index in [-0.39, 0.29) is 5.22 Å². The molecule has 1 atom stereocenters. The Bertz CT molecular complexity index is 512. The van der Waals surface area contributed by atoms with Crippen LogP contribution in [0.1, 0.15) is 17.2 Å². The summed E-state index contributed by atoms with van der Waals surface area (Å²) < 4.78 is 18.5. The highest BCUT2D eigenvalue weighted by molar-refractivity contribution is 6.30. The van der Waals surface area contributed by atoms with Gasteiger partial charge in [-0.2, -0.15) is 0 Å². The van der Waals surface area contributed by atoms with Gasteiger partial charge in [0.05, 0.1) is 12.3 Å². The molecule has 2 aromatic rings. The fourth-order valence-corrected chi connectivity index (χ4v) is 1.84. The quantitative estimate of drug-likeness (QED) is 0.892. The van der Waals surface area contributed by atoms with Gasteiger partial charge in [-0.3, -0.25) is 0 Å². The van der Waals surface area contributed by atoms with Gasteiger partial charge in [-0.05, 0) is 29.8 Å². The summed E-state index contributed by atoms with van der Waals surface area (Å²) in [5.74, 6) is -0.461. The topological polar surface area (TPSA) is 39.2 Å². The average molecular weight is 260 g/mol. The summed E-state index contributed by atoms with van der Waals surface area (Å²) in [6, 6.07) is 5.27. The number of benzene rings is 1. The molecule has 2 nitrogen and oxygen atoms in total. The van der Waals surface area contributed by atoms with Crippen molar-refractivity contribution in [2.24, 2.45) is 5.73 Å². The van der Waals surface area contributed by atoms with E-state index in [1.165, 1.54) is 18.4 Å². The minimum absolute atomic E-state index is 0.168. The van der Waals surface area contributed by atoms with E-state index in [1.54, 1.807) is 12.1 Å². The molecule has 1 unspecified atom stereocenters. The van der Waals surface area contributed by atoms with Gasteiger partial charge < -0.3 is 10.2 Å². The fourth-order valence-electron chi connectivity index (χ4n) is 1.45. The summed E-state index contributed by atoms with van der Waals surface area (Å²) in [5, 5.41) is 0.494. The summed E-state index contributed by atoms with van der Waals surface area (Å²) in [4.78, 5) is 0. The molecule has 2 rings (SSSR count). The van der Waals surface area contributed by atoms with Crippen LogP contribution in [0.4, 0.5) is 4.39 Å². The largest absolute Gasteiger partial charge is 0.453 e. The second-order valence-corrected chi connectivity index (χ2v) is 4.07. The summed E-state index contributed by atoms with van der Waals surface area (Å²) >= 11 is 11.4. The molecular formula is C11H8Cl2FNO. The molecule has 0 radical (unpaired) electrons. The van der Waals surface area contributed by atoms with Crippen molar-refractivity contribution in [3.05, 3.63) is 57.7 Å². The summed E-state index contributed by atoms with van der Waals surface area (Å²) in [6.45, 7) is 0. The number of halogens is 3. The third-order valence-corrected chi connectivity index (χ3v) is 2.82. The van der Waals surface area contributed by atoms with Gasteiger partial charge in [0.1, 0.15) is 5.82 Å². The van der Waals surface area contributed by atoms with E-state index in [0.717, 1.165) is 0 Å². The van der Waals surface area contributed by atoms with Gasteiger partial charge in [0, 0.05) is 16.1 Å². The number of furan rings is 1. The van der Waals surface area contributed by atoms with E-state index in [4.69, 9.17) is 33.4 Å². The number of nitrogens with two attached hydrogens (primary N) is 1. The van der Waals surface area contributed by atoms with Crippen LogP contribution in [0.3, 0.4) is 0 Å².